The van der Waals surface area contributed by atoms with E-state index in [1.165, 1.54) is 12.1 Å². The molecular weight excluding hydrogens is 405 g/mol. The number of amides is 3. The Hall–Kier alpha value is -3.07. The molecule has 9 heteroatoms. The van der Waals surface area contributed by atoms with Crippen molar-refractivity contribution >= 4 is 40.6 Å². The van der Waals surface area contributed by atoms with Gasteiger partial charge in [0.1, 0.15) is 6.54 Å². The lowest BCUT2D eigenvalue weighted by Gasteiger charge is -2.15. The smallest absolute Gasteiger partial charge is 0.324 e. The number of alkyl halides is 3. The quantitative estimate of drug-likeness (QED) is 0.729. The Bertz CT molecular complexity index is 1020. The molecule has 29 heavy (non-hydrogen) atoms. The number of carbonyl (C=O) groups is 3. The minimum absolute atomic E-state index is 0.146. The molecule has 0 aromatic heterocycles. The number of halogens is 3. The summed E-state index contributed by atoms with van der Waals surface area (Å²) in [5, 5.41) is 1.47. The highest BCUT2D eigenvalue weighted by Gasteiger charge is 2.37. The maximum Gasteiger partial charge on any atom is 0.418 e. The summed E-state index contributed by atoms with van der Waals surface area (Å²) in [6.45, 7) is 1.17. The molecule has 3 rings (SSSR count). The molecule has 0 saturated carbocycles. The lowest BCUT2D eigenvalue weighted by molar-refractivity contribution is -0.137. The van der Waals surface area contributed by atoms with E-state index in [0.717, 1.165) is 23.3 Å². The van der Waals surface area contributed by atoms with Crippen molar-refractivity contribution in [1.29, 1.82) is 0 Å². The van der Waals surface area contributed by atoms with Gasteiger partial charge in [-0.2, -0.15) is 13.2 Å². The number of carbonyl (C=O) groups excluding carboxylic acids is 3. The van der Waals surface area contributed by atoms with Gasteiger partial charge in [-0.1, -0.05) is 36.4 Å². The van der Waals surface area contributed by atoms with Crippen molar-refractivity contribution in [3.8, 4) is 0 Å². The third-order valence-corrected chi connectivity index (χ3v) is 5.06. The van der Waals surface area contributed by atoms with E-state index >= 15 is 0 Å². The van der Waals surface area contributed by atoms with Crippen molar-refractivity contribution in [2.24, 2.45) is 0 Å². The highest BCUT2D eigenvalue weighted by molar-refractivity contribution is 8.18. The van der Waals surface area contributed by atoms with E-state index in [9.17, 15) is 27.6 Å². The highest BCUT2D eigenvalue weighted by Crippen LogP contribution is 2.35. The Balaban J connectivity index is 1.74. The number of aryl methyl sites for hydroxylation is 1. The van der Waals surface area contributed by atoms with Crippen LogP contribution in [0, 0.1) is 6.92 Å². The summed E-state index contributed by atoms with van der Waals surface area (Å²) in [4.78, 5) is 37.7. The molecule has 150 valence electrons. The molecule has 1 heterocycles. The van der Waals surface area contributed by atoms with Crippen molar-refractivity contribution in [2.75, 3.05) is 11.9 Å². The number of imide groups is 1. The minimum atomic E-state index is -4.65. The largest absolute Gasteiger partial charge is 0.418 e. The van der Waals surface area contributed by atoms with Crippen LogP contribution in [0.2, 0.25) is 0 Å². The molecule has 1 N–H and O–H groups in total. The van der Waals surface area contributed by atoms with Crippen molar-refractivity contribution in [3.05, 3.63) is 70.1 Å². The molecule has 1 saturated heterocycles. The third-order valence-electron chi connectivity index (χ3n) is 4.16. The van der Waals surface area contributed by atoms with Gasteiger partial charge in [0.25, 0.3) is 11.1 Å². The predicted molar refractivity (Wildman–Crippen MR) is 104 cm³/mol. The summed E-state index contributed by atoms with van der Waals surface area (Å²) in [7, 11) is 0. The van der Waals surface area contributed by atoms with Crippen LogP contribution < -0.4 is 5.32 Å². The van der Waals surface area contributed by atoms with Crippen molar-refractivity contribution < 1.29 is 27.6 Å². The molecular formula is C20H15F3N2O3S. The van der Waals surface area contributed by atoms with Crippen LogP contribution in [0.5, 0.6) is 0 Å². The summed E-state index contributed by atoms with van der Waals surface area (Å²) in [5.74, 6) is -1.57. The second kappa shape index (κ2) is 8.12. The van der Waals surface area contributed by atoms with Gasteiger partial charge in [-0.15, -0.1) is 0 Å². The molecule has 0 radical (unpaired) electrons. The van der Waals surface area contributed by atoms with Gasteiger partial charge in [0.15, 0.2) is 0 Å². The van der Waals surface area contributed by atoms with Crippen molar-refractivity contribution in [1.82, 2.24) is 4.90 Å². The number of anilines is 1. The first kappa shape index (κ1) is 20.7. The molecule has 3 amide bonds. The van der Waals surface area contributed by atoms with Crippen molar-refractivity contribution in [3.63, 3.8) is 0 Å². The SMILES string of the molecule is Cc1ccccc1/C=C1\SC(=O)N(CC(=O)Nc2ccccc2C(F)(F)F)C1=O. The number of hydrogen-bond donors (Lipinski definition) is 1. The summed E-state index contributed by atoms with van der Waals surface area (Å²) in [6.07, 6.45) is -3.10. The Morgan fingerprint density at radius 1 is 1.10 bits per heavy atom. The second-order valence-electron chi connectivity index (χ2n) is 6.22. The molecule has 1 fully saturated rings. The van der Waals surface area contributed by atoms with E-state index in [0.29, 0.717) is 16.7 Å². The number of nitrogens with zero attached hydrogens (tertiary/aromatic N) is 1. The lowest BCUT2D eigenvalue weighted by Crippen LogP contribution is -2.36. The Labute approximate surface area is 168 Å². The molecule has 1 aliphatic heterocycles. The number of nitrogens with one attached hydrogen (secondary N) is 1. The summed E-state index contributed by atoms with van der Waals surface area (Å²) >= 11 is 0.680. The standard InChI is InChI=1S/C20H15F3N2O3S/c1-12-6-2-3-7-13(12)10-16-18(27)25(19(28)29-16)11-17(26)24-15-9-5-4-8-14(15)20(21,22)23/h2-10H,11H2,1H3,(H,24,26)/b16-10-. The summed E-state index contributed by atoms with van der Waals surface area (Å²) < 4.78 is 39.1. The molecule has 0 bridgehead atoms. The Kier molecular flexibility index (Phi) is 5.78. The molecule has 5 nitrogen and oxygen atoms in total. The van der Waals surface area contributed by atoms with Crippen LogP contribution in [-0.4, -0.2) is 28.5 Å². The van der Waals surface area contributed by atoms with Crippen LogP contribution in [0.25, 0.3) is 6.08 Å². The number of thioether (sulfide) groups is 1. The first-order valence-corrected chi connectivity index (χ1v) is 9.25. The van der Waals surface area contributed by atoms with Crippen LogP contribution in [0.4, 0.5) is 23.7 Å². The van der Waals surface area contributed by atoms with Crippen LogP contribution in [0.3, 0.4) is 0 Å². The van der Waals surface area contributed by atoms with Crippen LogP contribution in [0.1, 0.15) is 16.7 Å². The van der Waals surface area contributed by atoms with Gasteiger partial charge in [-0.25, -0.2) is 0 Å². The zero-order valence-corrected chi connectivity index (χ0v) is 15.9. The number of benzene rings is 2. The molecule has 0 aliphatic carbocycles. The maximum atomic E-state index is 13.0. The number of hydrogen-bond acceptors (Lipinski definition) is 4. The van der Waals surface area contributed by atoms with Gasteiger partial charge in [0, 0.05) is 0 Å². The third kappa shape index (κ3) is 4.68. The molecule has 0 spiro atoms. The molecule has 2 aromatic carbocycles. The fourth-order valence-electron chi connectivity index (χ4n) is 2.70. The van der Waals surface area contributed by atoms with E-state index < -0.39 is 41.0 Å². The average molecular weight is 420 g/mol. The Morgan fingerprint density at radius 3 is 2.45 bits per heavy atom. The predicted octanol–water partition coefficient (Wildman–Crippen LogP) is 4.69. The molecule has 0 atom stereocenters. The van der Waals surface area contributed by atoms with E-state index in [-0.39, 0.29) is 4.91 Å². The number of rotatable bonds is 4. The van der Waals surface area contributed by atoms with Crippen LogP contribution >= 0.6 is 11.8 Å². The summed E-state index contributed by atoms with van der Waals surface area (Å²) in [6, 6.07) is 11.7. The fourth-order valence-corrected chi connectivity index (χ4v) is 3.53. The van der Waals surface area contributed by atoms with E-state index in [1.807, 2.05) is 19.1 Å². The van der Waals surface area contributed by atoms with E-state index in [1.54, 1.807) is 18.2 Å². The van der Waals surface area contributed by atoms with Gasteiger partial charge < -0.3 is 5.32 Å². The topological polar surface area (TPSA) is 66.5 Å². The first-order valence-electron chi connectivity index (χ1n) is 8.44. The second-order valence-corrected chi connectivity index (χ2v) is 7.21. The van der Waals surface area contributed by atoms with Gasteiger partial charge in [-0.3, -0.25) is 19.3 Å². The van der Waals surface area contributed by atoms with Crippen LogP contribution in [0.15, 0.2) is 53.4 Å². The van der Waals surface area contributed by atoms with E-state index in [4.69, 9.17) is 0 Å². The average Bonchev–Trinajstić information content (AvgIpc) is 2.90. The molecule has 1 aliphatic rings. The van der Waals surface area contributed by atoms with Gasteiger partial charge in [0.05, 0.1) is 16.2 Å². The Morgan fingerprint density at radius 2 is 1.76 bits per heavy atom. The van der Waals surface area contributed by atoms with Gasteiger partial charge in [-0.05, 0) is 48.0 Å². The zero-order valence-electron chi connectivity index (χ0n) is 15.1. The fraction of sp³-hybridized carbons (Fsp3) is 0.150. The summed E-state index contributed by atoms with van der Waals surface area (Å²) in [5.41, 5.74) is 0.205. The minimum Gasteiger partial charge on any atom is -0.324 e. The van der Waals surface area contributed by atoms with E-state index in [2.05, 4.69) is 5.32 Å². The normalized spacial score (nSPS) is 15.9. The van der Waals surface area contributed by atoms with Crippen LogP contribution in [-0.2, 0) is 15.8 Å². The van der Waals surface area contributed by atoms with Gasteiger partial charge >= 0.3 is 6.18 Å². The highest BCUT2D eigenvalue weighted by atomic mass is 32.2. The molecule has 0 unspecified atom stereocenters. The number of para-hydroxylation sites is 1. The van der Waals surface area contributed by atoms with Crippen molar-refractivity contribution in [2.45, 2.75) is 13.1 Å². The monoisotopic (exact) mass is 420 g/mol. The maximum absolute atomic E-state index is 13.0. The first-order chi connectivity index (χ1) is 13.7. The zero-order chi connectivity index (χ0) is 21.2. The lowest BCUT2D eigenvalue weighted by atomic mass is 10.1. The molecule has 2 aromatic rings. The van der Waals surface area contributed by atoms with Gasteiger partial charge in [0.2, 0.25) is 5.91 Å².